The number of fused-ring (bicyclic) bond motifs is 1. The second-order valence-corrected chi connectivity index (χ2v) is 10.2. The maximum atomic E-state index is 12.6. The number of rotatable bonds is 11. The second-order valence-electron chi connectivity index (χ2n) is 9.82. The Bertz CT molecular complexity index is 1450. The third-order valence-corrected chi connectivity index (χ3v) is 7.30. The summed E-state index contributed by atoms with van der Waals surface area (Å²) in [7, 11) is 1.41. The predicted molar refractivity (Wildman–Crippen MR) is 156 cm³/mol. The summed E-state index contributed by atoms with van der Waals surface area (Å²) in [6.07, 6.45) is 2.06. The van der Waals surface area contributed by atoms with Gasteiger partial charge in [-0.2, -0.15) is 0 Å². The maximum Gasteiger partial charge on any atom is 0.338 e. The number of halogens is 1. The first-order valence-corrected chi connectivity index (χ1v) is 14.0. The molecule has 4 aromatic rings. The molecule has 0 amide bonds. The number of aromatic nitrogens is 2. The van der Waals surface area contributed by atoms with Crippen LogP contribution in [0.1, 0.15) is 46.9 Å². The van der Waals surface area contributed by atoms with E-state index in [9.17, 15) is 4.79 Å². The smallest absolute Gasteiger partial charge is 0.338 e. The van der Waals surface area contributed by atoms with Crippen molar-refractivity contribution in [3.05, 3.63) is 100 Å². The van der Waals surface area contributed by atoms with Crippen LogP contribution in [0.3, 0.4) is 0 Å². The number of carbonyl (C=O) groups is 1. The van der Waals surface area contributed by atoms with Gasteiger partial charge in [0, 0.05) is 31.7 Å². The Labute approximate surface area is 240 Å². The Kier molecular flexibility index (Phi) is 9.04. The number of ether oxygens (including phenoxy) is 3. The number of imidazole rings is 1. The summed E-state index contributed by atoms with van der Waals surface area (Å²) < 4.78 is 18.9. The minimum absolute atomic E-state index is 0.354. The highest BCUT2D eigenvalue weighted by atomic mass is 35.5. The number of methoxy groups -OCH3 is 1. The van der Waals surface area contributed by atoms with Crippen molar-refractivity contribution in [3.63, 3.8) is 0 Å². The summed E-state index contributed by atoms with van der Waals surface area (Å²) in [5.74, 6) is 2.01. The molecule has 7 nitrogen and oxygen atoms in total. The molecule has 1 aliphatic heterocycles. The first-order valence-electron chi connectivity index (χ1n) is 13.6. The molecule has 40 heavy (non-hydrogen) atoms. The SMILES string of the molecule is CCCCn1c(-c2ccccc2)nc(Cl)c1CN(Cc1ccc2c(c1)OCCO2)Cc1ccccc1C(=O)OC. The van der Waals surface area contributed by atoms with Crippen molar-refractivity contribution in [3.8, 4) is 22.9 Å². The summed E-state index contributed by atoms with van der Waals surface area (Å²) >= 11 is 6.86. The number of esters is 1. The summed E-state index contributed by atoms with van der Waals surface area (Å²) in [6.45, 7) is 5.71. The van der Waals surface area contributed by atoms with Gasteiger partial charge >= 0.3 is 5.97 Å². The van der Waals surface area contributed by atoms with Gasteiger partial charge in [-0.25, -0.2) is 9.78 Å². The van der Waals surface area contributed by atoms with Crippen LogP contribution in [0.2, 0.25) is 5.15 Å². The first-order chi connectivity index (χ1) is 19.6. The molecule has 1 aliphatic rings. The molecule has 208 valence electrons. The Morgan fingerprint density at radius 1 is 0.975 bits per heavy atom. The number of unbranched alkanes of at least 4 members (excludes halogenated alkanes) is 1. The standard InChI is InChI=1S/C32H34ClN3O4/c1-3-4-16-36-27(30(33)34-31(36)24-10-6-5-7-11-24)22-35(21-25-12-8-9-13-26(25)32(37)38-2)20-23-14-15-28-29(19-23)40-18-17-39-28/h5-15,19H,3-4,16-18,20-22H2,1-2H3. The van der Waals surface area contributed by atoms with E-state index in [1.807, 2.05) is 48.5 Å². The van der Waals surface area contributed by atoms with E-state index in [0.29, 0.717) is 43.6 Å². The lowest BCUT2D eigenvalue weighted by Gasteiger charge is -2.26. The van der Waals surface area contributed by atoms with E-state index in [0.717, 1.165) is 59.1 Å². The van der Waals surface area contributed by atoms with Gasteiger partial charge in [-0.15, -0.1) is 0 Å². The van der Waals surface area contributed by atoms with Crippen molar-refractivity contribution in [2.75, 3.05) is 20.3 Å². The Balaban J connectivity index is 1.52. The molecule has 8 heteroatoms. The molecule has 2 heterocycles. The van der Waals surface area contributed by atoms with Crippen LogP contribution in [0.15, 0.2) is 72.8 Å². The molecule has 0 radical (unpaired) electrons. The first kappa shape index (κ1) is 27.7. The van der Waals surface area contributed by atoms with Gasteiger partial charge in [0.2, 0.25) is 0 Å². The lowest BCUT2D eigenvalue weighted by molar-refractivity contribution is 0.0598. The van der Waals surface area contributed by atoms with Crippen molar-refractivity contribution >= 4 is 17.6 Å². The van der Waals surface area contributed by atoms with Gasteiger partial charge in [0.25, 0.3) is 0 Å². The van der Waals surface area contributed by atoms with Crippen LogP contribution in [-0.2, 0) is 30.9 Å². The van der Waals surface area contributed by atoms with Gasteiger partial charge in [0.15, 0.2) is 16.7 Å². The van der Waals surface area contributed by atoms with Gasteiger partial charge in [-0.3, -0.25) is 4.90 Å². The van der Waals surface area contributed by atoms with Gasteiger partial charge < -0.3 is 18.8 Å². The molecule has 3 aromatic carbocycles. The van der Waals surface area contributed by atoms with Crippen LogP contribution in [0.4, 0.5) is 0 Å². The fourth-order valence-electron chi connectivity index (χ4n) is 5.00. The monoisotopic (exact) mass is 559 g/mol. The topological polar surface area (TPSA) is 65.8 Å². The Hall–Kier alpha value is -3.81. The fraction of sp³-hybridized carbons (Fsp3) is 0.312. The molecule has 0 fully saturated rings. The maximum absolute atomic E-state index is 12.6. The zero-order valence-electron chi connectivity index (χ0n) is 22.9. The molecule has 0 aliphatic carbocycles. The van der Waals surface area contributed by atoms with E-state index >= 15 is 0 Å². The largest absolute Gasteiger partial charge is 0.486 e. The second kappa shape index (κ2) is 13.0. The molecule has 0 unspecified atom stereocenters. The molecule has 0 bridgehead atoms. The van der Waals surface area contributed by atoms with Gasteiger partial charge in [0.05, 0.1) is 18.4 Å². The molecular weight excluding hydrogens is 526 g/mol. The quantitative estimate of drug-likeness (QED) is 0.189. The zero-order chi connectivity index (χ0) is 27.9. The van der Waals surface area contributed by atoms with Crippen LogP contribution in [0.5, 0.6) is 11.5 Å². The van der Waals surface area contributed by atoms with E-state index in [-0.39, 0.29) is 5.97 Å². The van der Waals surface area contributed by atoms with Crippen LogP contribution in [0.25, 0.3) is 11.4 Å². The molecule has 0 N–H and O–H groups in total. The highest BCUT2D eigenvalue weighted by Crippen LogP contribution is 2.33. The fourth-order valence-corrected chi connectivity index (χ4v) is 5.25. The average molecular weight is 560 g/mol. The van der Waals surface area contributed by atoms with Crippen molar-refractivity contribution < 1.29 is 19.0 Å². The molecule has 0 atom stereocenters. The van der Waals surface area contributed by atoms with Crippen LogP contribution in [-0.4, -0.2) is 40.7 Å². The number of benzene rings is 3. The lowest BCUT2D eigenvalue weighted by atomic mass is 10.1. The van der Waals surface area contributed by atoms with Crippen molar-refractivity contribution in [1.82, 2.24) is 14.5 Å². The highest BCUT2D eigenvalue weighted by molar-refractivity contribution is 6.30. The molecular formula is C32H34ClN3O4. The van der Waals surface area contributed by atoms with Gasteiger partial charge in [0.1, 0.15) is 19.0 Å². The number of hydrogen-bond donors (Lipinski definition) is 0. The van der Waals surface area contributed by atoms with Crippen molar-refractivity contribution in [2.24, 2.45) is 0 Å². The van der Waals surface area contributed by atoms with E-state index in [1.54, 1.807) is 6.07 Å². The molecule has 0 saturated heterocycles. The Morgan fingerprint density at radius 3 is 2.50 bits per heavy atom. The third-order valence-electron chi connectivity index (χ3n) is 6.99. The minimum atomic E-state index is -0.354. The van der Waals surface area contributed by atoms with Gasteiger partial charge in [-0.05, 0) is 35.7 Å². The van der Waals surface area contributed by atoms with Crippen LogP contribution >= 0.6 is 11.6 Å². The number of carbonyl (C=O) groups excluding carboxylic acids is 1. The van der Waals surface area contributed by atoms with Crippen LogP contribution in [0, 0.1) is 0 Å². The van der Waals surface area contributed by atoms with E-state index < -0.39 is 0 Å². The number of hydrogen-bond acceptors (Lipinski definition) is 6. The summed E-state index contributed by atoms with van der Waals surface area (Å²) in [5.41, 5.74) is 4.47. The highest BCUT2D eigenvalue weighted by Gasteiger charge is 2.22. The van der Waals surface area contributed by atoms with Crippen LogP contribution < -0.4 is 9.47 Å². The Morgan fingerprint density at radius 2 is 1.73 bits per heavy atom. The zero-order valence-corrected chi connectivity index (χ0v) is 23.7. The molecule has 5 rings (SSSR count). The minimum Gasteiger partial charge on any atom is -0.486 e. The van der Waals surface area contributed by atoms with E-state index in [1.165, 1.54) is 7.11 Å². The van der Waals surface area contributed by atoms with Crippen molar-refractivity contribution in [1.29, 1.82) is 0 Å². The summed E-state index contributed by atoms with van der Waals surface area (Å²) in [4.78, 5) is 19.7. The van der Waals surface area contributed by atoms with E-state index in [2.05, 4.69) is 34.6 Å². The predicted octanol–water partition coefficient (Wildman–Crippen LogP) is 6.76. The molecule has 0 saturated carbocycles. The third kappa shape index (κ3) is 6.32. The van der Waals surface area contributed by atoms with E-state index in [4.69, 9.17) is 30.8 Å². The normalized spacial score (nSPS) is 12.5. The number of nitrogens with zero attached hydrogens (tertiary/aromatic N) is 3. The lowest BCUT2D eigenvalue weighted by Crippen LogP contribution is -2.26. The van der Waals surface area contributed by atoms with Gasteiger partial charge in [-0.1, -0.05) is 79.5 Å². The molecule has 0 spiro atoms. The summed E-state index contributed by atoms with van der Waals surface area (Å²) in [5, 5.41) is 0.489. The average Bonchev–Trinajstić information content (AvgIpc) is 3.30. The summed E-state index contributed by atoms with van der Waals surface area (Å²) in [6, 6.07) is 23.7. The van der Waals surface area contributed by atoms with Crippen molar-refractivity contribution in [2.45, 2.75) is 45.9 Å². The molecule has 1 aromatic heterocycles.